The Morgan fingerprint density at radius 2 is 1.80 bits per heavy atom. The van der Waals surface area contributed by atoms with Gasteiger partial charge in [-0.1, -0.05) is 65.4 Å². The molecule has 0 aliphatic heterocycles. The summed E-state index contributed by atoms with van der Waals surface area (Å²) in [5.41, 5.74) is 2.01. The first-order chi connectivity index (χ1) is 17.0. The largest absolute Gasteiger partial charge is 0.360 e. The number of aryl methyl sites for hydroxylation is 2. The summed E-state index contributed by atoms with van der Waals surface area (Å²) in [6.45, 7) is 3.67. The van der Waals surface area contributed by atoms with E-state index in [9.17, 15) is 9.59 Å². The highest BCUT2D eigenvalue weighted by Gasteiger charge is 2.26. The van der Waals surface area contributed by atoms with Gasteiger partial charge < -0.3 is 9.84 Å². The van der Waals surface area contributed by atoms with Crippen molar-refractivity contribution in [2.45, 2.75) is 24.3 Å². The number of fused-ring (bicyclic) bond motifs is 1. The average molecular weight is 484 g/mol. The molecular formula is C26H21N5O3S. The fraction of sp³-hybridized carbons (Fsp3) is 0.115. The van der Waals surface area contributed by atoms with Gasteiger partial charge in [-0.05, 0) is 43.2 Å². The lowest BCUT2D eigenvalue weighted by molar-refractivity contribution is -0.115. The maximum absolute atomic E-state index is 13.6. The summed E-state index contributed by atoms with van der Waals surface area (Å²) in [5.74, 6) is 1.01. The highest BCUT2D eigenvalue weighted by molar-refractivity contribution is 8.00. The molecule has 2 aromatic carbocycles. The average Bonchev–Trinajstić information content (AvgIpc) is 3.28. The Bertz CT molecular complexity index is 1560. The predicted octanol–water partition coefficient (Wildman–Crippen LogP) is 4.86. The molecule has 1 atom stereocenters. The van der Waals surface area contributed by atoms with Crippen molar-refractivity contribution in [3.05, 3.63) is 106 Å². The van der Waals surface area contributed by atoms with Crippen LogP contribution in [0.4, 0.5) is 5.82 Å². The number of thioether (sulfide) groups is 1. The minimum Gasteiger partial charge on any atom is -0.360 e. The summed E-state index contributed by atoms with van der Waals surface area (Å²) in [7, 11) is 0. The lowest BCUT2D eigenvalue weighted by atomic mass is 10.1. The molecule has 0 aliphatic carbocycles. The number of aromatic nitrogens is 4. The summed E-state index contributed by atoms with van der Waals surface area (Å²) in [6.07, 6.45) is 1.69. The fourth-order valence-electron chi connectivity index (χ4n) is 3.61. The number of pyridine rings is 1. The van der Waals surface area contributed by atoms with Crippen LogP contribution < -0.4 is 10.9 Å². The van der Waals surface area contributed by atoms with Gasteiger partial charge in [0.1, 0.15) is 16.8 Å². The summed E-state index contributed by atoms with van der Waals surface area (Å²) >= 11 is 1.17. The zero-order valence-electron chi connectivity index (χ0n) is 19.0. The first kappa shape index (κ1) is 22.5. The Morgan fingerprint density at radius 3 is 2.51 bits per heavy atom. The minimum absolute atomic E-state index is 0.256. The monoisotopic (exact) mass is 483 g/mol. The van der Waals surface area contributed by atoms with Gasteiger partial charge in [-0.25, -0.2) is 14.5 Å². The van der Waals surface area contributed by atoms with Crippen LogP contribution in [-0.2, 0) is 4.79 Å². The second kappa shape index (κ2) is 9.55. The number of benzene rings is 2. The molecule has 0 aliphatic rings. The topological polar surface area (TPSA) is 103 Å². The second-order valence-electron chi connectivity index (χ2n) is 7.97. The molecule has 1 unspecified atom stereocenters. The normalized spacial score (nSPS) is 11.9. The van der Waals surface area contributed by atoms with E-state index < -0.39 is 5.25 Å². The molecule has 174 valence electrons. The van der Waals surface area contributed by atoms with E-state index in [1.165, 1.54) is 16.3 Å². The van der Waals surface area contributed by atoms with Crippen molar-refractivity contribution in [2.75, 3.05) is 5.32 Å². The third-order valence-corrected chi connectivity index (χ3v) is 6.52. The second-order valence-corrected chi connectivity index (χ2v) is 9.04. The predicted molar refractivity (Wildman–Crippen MR) is 135 cm³/mol. The van der Waals surface area contributed by atoms with Crippen molar-refractivity contribution >= 4 is 34.4 Å². The van der Waals surface area contributed by atoms with Crippen LogP contribution in [0, 0.1) is 13.8 Å². The number of nitrogens with one attached hydrogen (secondary N) is 1. The minimum atomic E-state index is -0.724. The molecule has 0 saturated carbocycles. The van der Waals surface area contributed by atoms with Crippen molar-refractivity contribution < 1.29 is 9.32 Å². The lowest BCUT2D eigenvalue weighted by Gasteiger charge is -2.18. The first-order valence-electron chi connectivity index (χ1n) is 10.9. The van der Waals surface area contributed by atoms with Gasteiger partial charge in [0.25, 0.3) is 5.56 Å². The number of rotatable bonds is 6. The standard InChI is InChI=1S/C26H21N5O3S/c1-16-12-13-22(27-15-16)31-25(33)19-10-6-7-11-20(19)28-26(31)35-23(18-8-4-3-5-9-18)24(32)29-21-14-17(2)34-30-21/h3-15,23H,1-2H3,(H,29,30,32). The third-order valence-electron chi connectivity index (χ3n) is 5.31. The van der Waals surface area contributed by atoms with Gasteiger partial charge in [0.05, 0.1) is 10.9 Å². The van der Waals surface area contributed by atoms with Crippen LogP contribution in [-0.4, -0.2) is 25.6 Å². The van der Waals surface area contributed by atoms with Crippen LogP contribution in [0.1, 0.15) is 22.1 Å². The van der Waals surface area contributed by atoms with Crippen molar-refractivity contribution in [3.63, 3.8) is 0 Å². The van der Waals surface area contributed by atoms with E-state index in [2.05, 4.69) is 15.5 Å². The number of carbonyl (C=O) groups excluding carboxylic acids is 1. The Morgan fingerprint density at radius 1 is 1.03 bits per heavy atom. The molecular weight excluding hydrogens is 462 g/mol. The molecule has 8 nitrogen and oxygen atoms in total. The van der Waals surface area contributed by atoms with Gasteiger partial charge in [0.15, 0.2) is 11.0 Å². The van der Waals surface area contributed by atoms with Crippen LogP contribution >= 0.6 is 11.8 Å². The number of anilines is 1. The first-order valence-corrected chi connectivity index (χ1v) is 11.8. The van der Waals surface area contributed by atoms with E-state index in [-0.39, 0.29) is 11.5 Å². The summed E-state index contributed by atoms with van der Waals surface area (Å²) in [6, 6.07) is 21.8. The van der Waals surface area contributed by atoms with Gasteiger partial charge in [0, 0.05) is 12.3 Å². The van der Waals surface area contributed by atoms with Crippen molar-refractivity contribution in [2.24, 2.45) is 0 Å². The fourth-order valence-corrected chi connectivity index (χ4v) is 4.71. The van der Waals surface area contributed by atoms with Gasteiger partial charge in [0.2, 0.25) is 5.91 Å². The highest BCUT2D eigenvalue weighted by atomic mass is 32.2. The van der Waals surface area contributed by atoms with Crippen LogP contribution in [0.25, 0.3) is 16.7 Å². The zero-order valence-corrected chi connectivity index (χ0v) is 19.8. The SMILES string of the molecule is Cc1ccc(-n2c(SC(C(=O)Nc3cc(C)on3)c3ccccc3)nc3ccccc3c2=O)nc1. The van der Waals surface area contributed by atoms with E-state index in [0.717, 1.165) is 11.1 Å². The Labute approximate surface area is 205 Å². The molecule has 1 N–H and O–H groups in total. The van der Waals surface area contributed by atoms with Crippen LogP contribution in [0.15, 0.2) is 93.5 Å². The number of nitrogens with zero attached hydrogens (tertiary/aromatic N) is 4. The van der Waals surface area contributed by atoms with E-state index in [4.69, 9.17) is 9.51 Å². The number of para-hydroxylation sites is 1. The summed E-state index contributed by atoms with van der Waals surface area (Å²) in [5, 5.41) is 6.77. The number of amides is 1. The van der Waals surface area contributed by atoms with Gasteiger partial charge in [-0.2, -0.15) is 0 Å². The molecule has 3 aromatic heterocycles. The molecule has 0 bridgehead atoms. The highest BCUT2D eigenvalue weighted by Crippen LogP contribution is 2.36. The molecule has 5 aromatic rings. The van der Waals surface area contributed by atoms with Crippen molar-refractivity contribution in [3.8, 4) is 5.82 Å². The van der Waals surface area contributed by atoms with E-state index >= 15 is 0 Å². The molecule has 5 rings (SSSR count). The lowest BCUT2D eigenvalue weighted by Crippen LogP contribution is -2.25. The zero-order chi connectivity index (χ0) is 24.4. The maximum atomic E-state index is 13.6. The van der Waals surface area contributed by atoms with Gasteiger partial charge in [-0.3, -0.25) is 9.59 Å². The van der Waals surface area contributed by atoms with E-state index in [1.807, 2.05) is 49.4 Å². The Kier molecular flexibility index (Phi) is 6.15. The molecule has 0 saturated heterocycles. The van der Waals surface area contributed by atoms with Gasteiger partial charge >= 0.3 is 0 Å². The van der Waals surface area contributed by atoms with Crippen LogP contribution in [0.3, 0.4) is 0 Å². The Balaban J connectivity index is 1.63. The van der Waals surface area contributed by atoms with Crippen LogP contribution in [0.2, 0.25) is 0 Å². The number of carbonyl (C=O) groups is 1. The quantitative estimate of drug-likeness (QED) is 0.272. The Hall–Kier alpha value is -4.24. The van der Waals surface area contributed by atoms with Crippen molar-refractivity contribution in [1.29, 1.82) is 0 Å². The van der Waals surface area contributed by atoms with Gasteiger partial charge in [-0.15, -0.1) is 0 Å². The molecule has 0 radical (unpaired) electrons. The molecule has 9 heteroatoms. The molecule has 1 amide bonds. The smallest absolute Gasteiger partial charge is 0.267 e. The molecule has 0 fully saturated rings. The van der Waals surface area contributed by atoms with E-state index in [1.54, 1.807) is 43.5 Å². The van der Waals surface area contributed by atoms with Crippen molar-refractivity contribution in [1.82, 2.24) is 19.7 Å². The summed E-state index contributed by atoms with van der Waals surface area (Å²) < 4.78 is 6.54. The molecule has 35 heavy (non-hydrogen) atoms. The number of hydrogen-bond donors (Lipinski definition) is 1. The number of hydrogen-bond acceptors (Lipinski definition) is 7. The van der Waals surface area contributed by atoms with E-state index in [0.29, 0.717) is 33.5 Å². The molecule has 3 heterocycles. The van der Waals surface area contributed by atoms with Crippen LogP contribution in [0.5, 0.6) is 0 Å². The summed E-state index contributed by atoms with van der Waals surface area (Å²) in [4.78, 5) is 36.2. The molecule has 0 spiro atoms. The maximum Gasteiger partial charge on any atom is 0.267 e. The third kappa shape index (κ3) is 4.71.